The Hall–Kier alpha value is -2.01. The van der Waals surface area contributed by atoms with Crippen LogP contribution in [0.2, 0.25) is 0 Å². The van der Waals surface area contributed by atoms with Gasteiger partial charge in [0, 0.05) is 24.8 Å². The van der Waals surface area contributed by atoms with Crippen LogP contribution in [0.3, 0.4) is 0 Å². The average Bonchev–Trinajstić information content (AvgIpc) is 2.64. The minimum Gasteiger partial charge on any atom is -0.476 e. The van der Waals surface area contributed by atoms with Gasteiger partial charge in [0.25, 0.3) is 0 Å². The standard InChI is InChI=1S/C14H12F2N2O/c15-11-2-1-3-12(16)13(11)9-4-5-18-14-10(9)8-17-6-7-19-14/h1-5,17H,6-8H2. The van der Waals surface area contributed by atoms with E-state index in [1.54, 1.807) is 6.07 Å². The van der Waals surface area contributed by atoms with Gasteiger partial charge >= 0.3 is 0 Å². The second-order valence-corrected chi connectivity index (χ2v) is 4.26. The number of benzene rings is 1. The molecule has 3 rings (SSSR count). The monoisotopic (exact) mass is 262 g/mol. The molecule has 1 aromatic heterocycles. The van der Waals surface area contributed by atoms with E-state index in [9.17, 15) is 8.78 Å². The summed E-state index contributed by atoms with van der Waals surface area (Å²) < 4.78 is 33.2. The second kappa shape index (κ2) is 4.93. The van der Waals surface area contributed by atoms with Crippen molar-refractivity contribution in [3.63, 3.8) is 0 Å². The van der Waals surface area contributed by atoms with Gasteiger partial charge in [-0.1, -0.05) is 6.07 Å². The van der Waals surface area contributed by atoms with Crippen LogP contribution in [0.4, 0.5) is 8.78 Å². The molecule has 0 unspecified atom stereocenters. The molecule has 5 heteroatoms. The third-order valence-corrected chi connectivity index (χ3v) is 3.07. The third-order valence-electron chi connectivity index (χ3n) is 3.07. The topological polar surface area (TPSA) is 34.2 Å². The van der Waals surface area contributed by atoms with E-state index < -0.39 is 11.6 Å². The molecule has 2 heterocycles. The highest BCUT2D eigenvalue weighted by Crippen LogP contribution is 2.33. The molecule has 19 heavy (non-hydrogen) atoms. The van der Waals surface area contributed by atoms with Crippen LogP contribution >= 0.6 is 0 Å². The Balaban J connectivity index is 2.21. The lowest BCUT2D eigenvalue weighted by Crippen LogP contribution is -2.16. The van der Waals surface area contributed by atoms with Crippen LogP contribution in [-0.2, 0) is 6.54 Å². The van der Waals surface area contributed by atoms with Crippen molar-refractivity contribution in [1.29, 1.82) is 0 Å². The zero-order chi connectivity index (χ0) is 13.2. The zero-order valence-corrected chi connectivity index (χ0v) is 10.1. The Morgan fingerprint density at radius 3 is 2.74 bits per heavy atom. The molecule has 0 radical (unpaired) electrons. The molecule has 98 valence electrons. The summed E-state index contributed by atoms with van der Waals surface area (Å²) in [4.78, 5) is 4.12. The van der Waals surface area contributed by atoms with Crippen LogP contribution in [0, 0.1) is 11.6 Å². The van der Waals surface area contributed by atoms with E-state index in [4.69, 9.17) is 4.74 Å². The Labute approximate surface area is 109 Å². The van der Waals surface area contributed by atoms with Crippen LogP contribution in [-0.4, -0.2) is 18.1 Å². The van der Waals surface area contributed by atoms with Gasteiger partial charge in [0.15, 0.2) is 0 Å². The summed E-state index contributed by atoms with van der Waals surface area (Å²) in [6, 6.07) is 5.45. The molecule has 1 aliphatic heterocycles. The van der Waals surface area contributed by atoms with Crippen LogP contribution in [0.25, 0.3) is 11.1 Å². The quantitative estimate of drug-likeness (QED) is 0.857. The number of fused-ring (bicyclic) bond motifs is 1. The lowest BCUT2D eigenvalue weighted by Gasteiger charge is -2.12. The van der Waals surface area contributed by atoms with Gasteiger partial charge in [-0.05, 0) is 23.8 Å². The van der Waals surface area contributed by atoms with E-state index in [-0.39, 0.29) is 5.56 Å². The molecular weight excluding hydrogens is 250 g/mol. The van der Waals surface area contributed by atoms with Gasteiger partial charge in [0.2, 0.25) is 5.88 Å². The normalized spacial score (nSPS) is 14.4. The first-order valence-electron chi connectivity index (χ1n) is 6.03. The van der Waals surface area contributed by atoms with Crippen molar-refractivity contribution in [1.82, 2.24) is 10.3 Å². The molecule has 0 fully saturated rings. The van der Waals surface area contributed by atoms with Crippen molar-refractivity contribution in [2.45, 2.75) is 6.54 Å². The highest BCUT2D eigenvalue weighted by Gasteiger charge is 2.19. The summed E-state index contributed by atoms with van der Waals surface area (Å²) in [5.74, 6) is -0.736. The van der Waals surface area contributed by atoms with Gasteiger partial charge in [-0.2, -0.15) is 0 Å². The molecular formula is C14H12F2N2O. The predicted molar refractivity (Wildman–Crippen MR) is 66.8 cm³/mol. The second-order valence-electron chi connectivity index (χ2n) is 4.26. The van der Waals surface area contributed by atoms with E-state index in [1.807, 2.05) is 0 Å². The van der Waals surface area contributed by atoms with Gasteiger partial charge in [-0.3, -0.25) is 0 Å². The number of ether oxygens (including phenoxy) is 1. The van der Waals surface area contributed by atoms with E-state index >= 15 is 0 Å². The fourth-order valence-corrected chi connectivity index (χ4v) is 2.19. The van der Waals surface area contributed by atoms with Crippen LogP contribution < -0.4 is 10.1 Å². The van der Waals surface area contributed by atoms with E-state index in [1.165, 1.54) is 24.4 Å². The van der Waals surface area contributed by atoms with E-state index in [0.717, 1.165) is 0 Å². The number of nitrogens with zero attached hydrogens (tertiary/aromatic N) is 1. The van der Waals surface area contributed by atoms with Crippen molar-refractivity contribution < 1.29 is 13.5 Å². The van der Waals surface area contributed by atoms with Gasteiger partial charge in [-0.25, -0.2) is 13.8 Å². The average molecular weight is 262 g/mol. The Bertz CT molecular complexity index is 596. The van der Waals surface area contributed by atoms with Crippen molar-refractivity contribution in [2.24, 2.45) is 0 Å². The molecule has 0 atom stereocenters. The summed E-state index contributed by atoms with van der Waals surface area (Å²) in [6.45, 7) is 1.64. The SMILES string of the molecule is Fc1cccc(F)c1-c1ccnc2c1CNCCO2. The van der Waals surface area contributed by atoms with Crippen molar-refractivity contribution in [2.75, 3.05) is 13.2 Å². The molecule has 0 saturated carbocycles. The number of pyridine rings is 1. The van der Waals surface area contributed by atoms with Crippen LogP contribution in [0.15, 0.2) is 30.5 Å². The smallest absolute Gasteiger partial charge is 0.218 e. The summed E-state index contributed by atoms with van der Waals surface area (Å²) >= 11 is 0. The molecule has 2 aromatic rings. The lowest BCUT2D eigenvalue weighted by atomic mass is 10.00. The molecule has 0 saturated heterocycles. The largest absolute Gasteiger partial charge is 0.476 e. The summed E-state index contributed by atoms with van der Waals surface area (Å²) in [7, 11) is 0. The van der Waals surface area contributed by atoms with Crippen molar-refractivity contribution in [3.05, 3.63) is 47.7 Å². The Morgan fingerprint density at radius 2 is 1.95 bits per heavy atom. The van der Waals surface area contributed by atoms with Crippen LogP contribution in [0.1, 0.15) is 5.56 Å². The fraction of sp³-hybridized carbons (Fsp3) is 0.214. The third kappa shape index (κ3) is 2.17. The predicted octanol–water partition coefficient (Wildman–Crippen LogP) is 2.51. The van der Waals surface area contributed by atoms with Gasteiger partial charge in [0.1, 0.15) is 18.2 Å². The minimum absolute atomic E-state index is 0.0338. The summed E-state index contributed by atoms with van der Waals surface area (Å²) in [5, 5.41) is 3.14. The van der Waals surface area contributed by atoms with Crippen molar-refractivity contribution >= 4 is 0 Å². The Kier molecular flexibility index (Phi) is 3.13. The van der Waals surface area contributed by atoms with Crippen LogP contribution in [0.5, 0.6) is 5.88 Å². The Morgan fingerprint density at radius 1 is 1.16 bits per heavy atom. The highest BCUT2D eigenvalue weighted by molar-refractivity contribution is 5.70. The number of nitrogens with one attached hydrogen (secondary N) is 1. The number of hydrogen-bond acceptors (Lipinski definition) is 3. The molecule has 3 nitrogen and oxygen atoms in total. The molecule has 1 aliphatic rings. The maximum atomic E-state index is 13.9. The first-order valence-corrected chi connectivity index (χ1v) is 6.03. The van der Waals surface area contributed by atoms with Crippen molar-refractivity contribution in [3.8, 4) is 17.0 Å². The van der Waals surface area contributed by atoms with Gasteiger partial charge in [0.05, 0.1) is 5.56 Å². The van der Waals surface area contributed by atoms with Gasteiger partial charge in [-0.15, -0.1) is 0 Å². The molecule has 0 bridgehead atoms. The molecule has 0 amide bonds. The zero-order valence-electron chi connectivity index (χ0n) is 10.1. The van der Waals surface area contributed by atoms with Gasteiger partial charge < -0.3 is 10.1 Å². The number of aromatic nitrogens is 1. The maximum absolute atomic E-state index is 13.9. The number of rotatable bonds is 1. The molecule has 1 N–H and O–H groups in total. The molecule has 0 aliphatic carbocycles. The molecule has 1 aromatic carbocycles. The highest BCUT2D eigenvalue weighted by atomic mass is 19.1. The lowest BCUT2D eigenvalue weighted by molar-refractivity contribution is 0.314. The number of hydrogen-bond donors (Lipinski definition) is 1. The first kappa shape index (κ1) is 12.0. The fourth-order valence-electron chi connectivity index (χ4n) is 2.19. The summed E-state index contributed by atoms with van der Waals surface area (Å²) in [6.07, 6.45) is 1.51. The summed E-state index contributed by atoms with van der Waals surface area (Å²) in [5.41, 5.74) is 1.13. The first-order chi connectivity index (χ1) is 9.27. The maximum Gasteiger partial charge on any atom is 0.218 e. The van der Waals surface area contributed by atoms with E-state index in [0.29, 0.717) is 36.7 Å². The number of halogens is 2. The minimum atomic E-state index is -0.586. The molecule has 0 spiro atoms. The van der Waals surface area contributed by atoms with E-state index in [2.05, 4.69) is 10.3 Å².